The van der Waals surface area contributed by atoms with E-state index in [-0.39, 0.29) is 0 Å². The first-order valence-electron chi connectivity index (χ1n) is 6.17. The average Bonchev–Trinajstić information content (AvgIpc) is 2.38. The van der Waals surface area contributed by atoms with E-state index >= 15 is 0 Å². The van der Waals surface area contributed by atoms with Crippen LogP contribution in [0.15, 0.2) is 42.5 Å². The molecule has 18 heavy (non-hydrogen) atoms. The fraction of sp³-hybridized carbons (Fsp3) is 0.250. The number of hydrogen-bond acceptors (Lipinski definition) is 0. The Balaban J connectivity index is 2.34. The summed E-state index contributed by atoms with van der Waals surface area (Å²) < 4.78 is 26.5. The molecule has 0 saturated carbocycles. The van der Waals surface area contributed by atoms with E-state index in [1.807, 2.05) is 24.3 Å². The molecule has 0 N–H and O–H groups in total. The predicted molar refractivity (Wildman–Crippen MR) is 70.5 cm³/mol. The lowest BCUT2D eigenvalue weighted by atomic mass is 9.96. The van der Waals surface area contributed by atoms with Gasteiger partial charge in [-0.2, -0.15) is 0 Å². The second-order valence-electron chi connectivity index (χ2n) is 4.56. The van der Waals surface area contributed by atoms with E-state index in [2.05, 4.69) is 13.8 Å². The van der Waals surface area contributed by atoms with Crippen molar-refractivity contribution in [3.8, 4) is 11.1 Å². The molecule has 0 heterocycles. The van der Waals surface area contributed by atoms with Crippen LogP contribution >= 0.6 is 0 Å². The van der Waals surface area contributed by atoms with Gasteiger partial charge in [-0.3, -0.25) is 0 Å². The van der Waals surface area contributed by atoms with Crippen LogP contribution in [0.1, 0.15) is 31.7 Å². The number of benzene rings is 2. The van der Waals surface area contributed by atoms with Crippen molar-refractivity contribution in [1.29, 1.82) is 0 Å². The summed E-state index contributed by atoms with van der Waals surface area (Å²) in [5, 5.41) is 0. The van der Waals surface area contributed by atoms with Crippen LogP contribution in [0.5, 0.6) is 0 Å². The quantitative estimate of drug-likeness (QED) is 0.703. The maximum atomic E-state index is 13.6. The van der Waals surface area contributed by atoms with Gasteiger partial charge in [0.05, 0.1) is 0 Å². The third-order valence-corrected chi connectivity index (χ3v) is 3.33. The van der Waals surface area contributed by atoms with E-state index in [4.69, 9.17) is 0 Å². The summed E-state index contributed by atoms with van der Waals surface area (Å²) in [6.45, 7) is 4.30. The van der Waals surface area contributed by atoms with Crippen LogP contribution < -0.4 is 0 Å². The Morgan fingerprint density at radius 3 is 2.22 bits per heavy atom. The first-order valence-corrected chi connectivity index (χ1v) is 6.17. The highest BCUT2D eigenvalue weighted by atomic mass is 19.1. The van der Waals surface area contributed by atoms with Gasteiger partial charge in [-0.1, -0.05) is 38.1 Å². The fourth-order valence-corrected chi connectivity index (χ4v) is 1.95. The first kappa shape index (κ1) is 12.7. The Morgan fingerprint density at radius 1 is 1.00 bits per heavy atom. The molecule has 0 amide bonds. The number of rotatable bonds is 3. The van der Waals surface area contributed by atoms with Gasteiger partial charge in [0.1, 0.15) is 11.6 Å². The third kappa shape index (κ3) is 2.58. The summed E-state index contributed by atoms with van der Waals surface area (Å²) in [4.78, 5) is 0. The summed E-state index contributed by atoms with van der Waals surface area (Å²) in [6, 6.07) is 11.5. The fourth-order valence-electron chi connectivity index (χ4n) is 1.95. The summed E-state index contributed by atoms with van der Waals surface area (Å²) in [6.07, 6.45) is 1.07. The van der Waals surface area contributed by atoms with E-state index in [1.54, 1.807) is 0 Å². The minimum atomic E-state index is -0.549. The number of hydrogen-bond donors (Lipinski definition) is 0. The Bertz CT molecular complexity index is 529. The zero-order valence-electron chi connectivity index (χ0n) is 10.6. The molecule has 0 spiro atoms. The molecule has 2 rings (SSSR count). The van der Waals surface area contributed by atoms with Gasteiger partial charge < -0.3 is 0 Å². The third-order valence-electron chi connectivity index (χ3n) is 3.33. The van der Waals surface area contributed by atoms with Crippen LogP contribution in [0, 0.1) is 11.6 Å². The Morgan fingerprint density at radius 2 is 1.67 bits per heavy atom. The highest BCUT2D eigenvalue weighted by molar-refractivity contribution is 5.64. The van der Waals surface area contributed by atoms with Gasteiger partial charge in [-0.05, 0) is 35.6 Å². The average molecular weight is 246 g/mol. The molecule has 0 bridgehead atoms. The Hall–Kier alpha value is -1.70. The molecular weight excluding hydrogens is 230 g/mol. The predicted octanol–water partition coefficient (Wildman–Crippen LogP) is 5.15. The highest BCUT2D eigenvalue weighted by Crippen LogP contribution is 2.26. The van der Waals surface area contributed by atoms with Gasteiger partial charge in [0, 0.05) is 11.6 Å². The Kier molecular flexibility index (Phi) is 3.75. The van der Waals surface area contributed by atoms with Gasteiger partial charge in [0.2, 0.25) is 0 Å². The van der Waals surface area contributed by atoms with Crippen LogP contribution in [0.3, 0.4) is 0 Å². The molecule has 94 valence electrons. The zero-order chi connectivity index (χ0) is 13.1. The Labute approximate surface area is 106 Å². The molecule has 2 aromatic carbocycles. The minimum absolute atomic E-state index is 0.437. The summed E-state index contributed by atoms with van der Waals surface area (Å²) in [5.41, 5.74) is 2.45. The second kappa shape index (κ2) is 5.30. The molecule has 0 aliphatic carbocycles. The van der Waals surface area contributed by atoms with Crippen molar-refractivity contribution in [3.63, 3.8) is 0 Å². The maximum absolute atomic E-state index is 13.6. The molecule has 0 fully saturated rings. The van der Waals surface area contributed by atoms with Crippen LogP contribution in [0.25, 0.3) is 11.1 Å². The second-order valence-corrected chi connectivity index (χ2v) is 4.56. The van der Waals surface area contributed by atoms with Gasteiger partial charge in [-0.25, -0.2) is 8.78 Å². The molecule has 2 aromatic rings. The first-order chi connectivity index (χ1) is 8.61. The van der Waals surface area contributed by atoms with Crippen molar-refractivity contribution in [2.45, 2.75) is 26.2 Å². The molecule has 0 aliphatic heterocycles. The molecule has 0 saturated heterocycles. The van der Waals surface area contributed by atoms with Crippen LogP contribution in [-0.2, 0) is 0 Å². The molecule has 0 aromatic heterocycles. The van der Waals surface area contributed by atoms with Crippen molar-refractivity contribution in [2.24, 2.45) is 0 Å². The van der Waals surface area contributed by atoms with Crippen LogP contribution in [-0.4, -0.2) is 0 Å². The molecular formula is C16H16F2. The summed E-state index contributed by atoms with van der Waals surface area (Å²) >= 11 is 0. The summed E-state index contributed by atoms with van der Waals surface area (Å²) in [7, 11) is 0. The van der Waals surface area contributed by atoms with Crippen molar-refractivity contribution in [2.75, 3.05) is 0 Å². The van der Waals surface area contributed by atoms with Gasteiger partial charge in [-0.15, -0.1) is 0 Å². The van der Waals surface area contributed by atoms with E-state index in [1.165, 1.54) is 17.7 Å². The molecule has 0 nitrogen and oxygen atoms in total. The van der Waals surface area contributed by atoms with Crippen LogP contribution in [0.2, 0.25) is 0 Å². The van der Waals surface area contributed by atoms with Gasteiger partial charge >= 0.3 is 0 Å². The van der Waals surface area contributed by atoms with Crippen molar-refractivity contribution in [1.82, 2.24) is 0 Å². The van der Waals surface area contributed by atoms with E-state index in [9.17, 15) is 8.78 Å². The van der Waals surface area contributed by atoms with E-state index < -0.39 is 11.6 Å². The topological polar surface area (TPSA) is 0 Å². The van der Waals surface area contributed by atoms with E-state index in [0.29, 0.717) is 11.5 Å². The zero-order valence-corrected chi connectivity index (χ0v) is 10.6. The van der Waals surface area contributed by atoms with Crippen molar-refractivity contribution < 1.29 is 8.78 Å². The standard InChI is InChI=1S/C16H16F2/c1-3-11(2)12-4-6-13(7-5-12)15-9-8-14(17)10-16(15)18/h4-11H,3H2,1-2H3. The lowest BCUT2D eigenvalue weighted by Crippen LogP contribution is -1.91. The van der Waals surface area contributed by atoms with Crippen LogP contribution in [0.4, 0.5) is 8.78 Å². The lowest BCUT2D eigenvalue weighted by molar-refractivity contribution is 0.585. The van der Waals surface area contributed by atoms with Crippen molar-refractivity contribution in [3.05, 3.63) is 59.7 Å². The molecule has 2 heteroatoms. The summed E-state index contributed by atoms with van der Waals surface area (Å²) in [5.74, 6) is -0.573. The number of halogens is 2. The molecule has 0 radical (unpaired) electrons. The highest BCUT2D eigenvalue weighted by Gasteiger charge is 2.07. The smallest absolute Gasteiger partial charge is 0.133 e. The maximum Gasteiger partial charge on any atom is 0.133 e. The van der Waals surface area contributed by atoms with Crippen molar-refractivity contribution >= 4 is 0 Å². The van der Waals surface area contributed by atoms with Gasteiger partial charge in [0.25, 0.3) is 0 Å². The molecule has 0 aliphatic rings. The SMILES string of the molecule is CCC(C)c1ccc(-c2ccc(F)cc2F)cc1. The van der Waals surface area contributed by atoms with E-state index in [0.717, 1.165) is 18.1 Å². The molecule has 1 atom stereocenters. The van der Waals surface area contributed by atoms with Gasteiger partial charge in [0.15, 0.2) is 0 Å². The minimum Gasteiger partial charge on any atom is -0.207 e. The monoisotopic (exact) mass is 246 g/mol. The molecule has 1 unspecified atom stereocenters. The largest absolute Gasteiger partial charge is 0.207 e. The lowest BCUT2D eigenvalue weighted by Gasteiger charge is -2.10. The normalized spacial score (nSPS) is 12.4.